The van der Waals surface area contributed by atoms with Crippen molar-refractivity contribution in [1.29, 1.82) is 0 Å². The van der Waals surface area contributed by atoms with E-state index in [2.05, 4.69) is 15.2 Å². The Hall–Kier alpha value is -2.57. The smallest absolute Gasteiger partial charge is 0.371 e. The lowest BCUT2D eigenvalue weighted by molar-refractivity contribution is -0.137. The molecule has 2 heterocycles. The maximum Gasteiger partial charge on any atom is 0.416 e. The highest BCUT2D eigenvalue weighted by molar-refractivity contribution is 5.93. The van der Waals surface area contributed by atoms with Crippen LogP contribution in [0.3, 0.4) is 0 Å². The van der Waals surface area contributed by atoms with Crippen molar-refractivity contribution in [3.05, 3.63) is 59.4 Å². The molecule has 1 fully saturated rings. The largest absolute Gasteiger partial charge is 0.416 e. The summed E-state index contributed by atoms with van der Waals surface area (Å²) >= 11 is 0. The topological polar surface area (TPSA) is 45.2 Å². The number of anilines is 1. The van der Waals surface area contributed by atoms with Gasteiger partial charge in [0.2, 0.25) is 0 Å². The first-order chi connectivity index (χ1) is 11.9. The van der Waals surface area contributed by atoms with Gasteiger partial charge in [-0.05, 0) is 42.7 Å². The lowest BCUT2D eigenvalue weighted by Crippen LogP contribution is -2.25. The molecule has 1 aliphatic heterocycles. The minimum atomic E-state index is -4.36. The van der Waals surface area contributed by atoms with E-state index in [1.54, 1.807) is 12.3 Å². The van der Waals surface area contributed by atoms with Crippen LogP contribution in [0.1, 0.15) is 34.5 Å². The Balaban J connectivity index is 1.61. The summed E-state index contributed by atoms with van der Waals surface area (Å²) in [6.07, 6.45) is -0.488. The minimum Gasteiger partial charge on any atom is -0.371 e. The predicted molar refractivity (Wildman–Crippen MR) is 88.3 cm³/mol. The number of carbonyl (C=O) groups excluding carboxylic acids is 1. The van der Waals surface area contributed by atoms with E-state index in [1.165, 1.54) is 12.1 Å². The fourth-order valence-electron chi connectivity index (χ4n) is 2.80. The Labute approximate surface area is 143 Å². The molecule has 7 heteroatoms. The number of aromatic nitrogens is 1. The summed E-state index contributed by atoms with van der Waals surface area (Å²) in [6, 6.07) is 8.35. The average Bonchev–Trinajstić information content (AvgIpc) is 3.14. The Bertz CT molecular complexity index is 738. The van der Waals surface area contributed by atoms with E-state index in [1.807, 2.05) is 6.07 Å². The van der Waals surface area contributed by atoms with Crippen LogP contribution in [0, 0.1) is 0 Å². The van der Waals surface area contributed by atoms with Crippen molar-refractivity contribution in [2.24, 2.45) is 0 Å². The number of hydrogen-bond donors (Lipinski definition) is 1. The molecule has 1 aromatic carbocycles. The SMILES string of the molecule is O=C(NCc1ccc(C(F)(F)F)cc1)c1cc(N2CCCC2)ccn1. The number of rotatable bonds is 4. The van der Waals surface area contributed by atoms with Gasteiger partial charge in [-0.15, -0.1) is 0 Å². The third kappa shape index (κ3) is 4.29. The first-order valence-corrected chi connectivity index (χ1v) is 8.09. The third-order valence-corrected chi connectivity index (χ3v) is 4.18. The van der Waals surface area contributed by atoms with E-state index >= 15 is 0 Å². The second-order valence-electron chi connectivity index (χ2n) is 5.97. The lowest BCUT2D eigenvalue weighted by atomic mass is 10.1. The van der Waals surface area contributed by atoms with E-state index in [-0.39, 0.29) is 12.5 Å². The Kier molecular flexibility index (Phi) is 4.92. The molecule has 1 aromatic heterocycles. The number of nitrogens with zero attached hydrogens (tertiary/aromatic N) is 2. The quantitative estimate of drug-likeness (QED) is 0.917. The van der Waals surface area contributed by atoms with Gasteiger partial charge in [0.25, 0.3) is 5.91 Å². The van der Waals surface area contributed by atoms with Gasteiger partial charge in [-0.2, -0.15) is 13.2 Å². The molecule has 0 aliphatic carbocycles. The summed E-state index contributed by atoms with van der Waals surface area (Å²) in [6.45, 7) is 2.08. The van der Waals surface area contributed by atoms with Crippen LogP contribution < -0.4 is 10.2 Å². The normalized spacial score (nSPS) is 14.6. The number of halogens is 3. The predicted octanol–water partition coefficient (Wildman–Crippen LogP) is 3.63. The Morgan fingerprint density at radius 1 is 1.12 bits per heavy atom. The van der Waals surface area contributed by atoms with Gasteiger partial charge in [-0.25, -0.2) is 0 Å². The van der Waals surface area contributed by atoms with Crippen LogP contribution in [0.15, 0.2) is 42.6 Å². The highest BCUT2D eigenvalue weighted by Gasteiger charge is 2.29. The van der Waals surface area contributed by atoms with Gasteiger partial charge in [0.15, 0.2) is 0 Å². The van der Waals surface area contributed by atoms with Crippen molar-refractivity contribution in [2.45, 2.75) is 25.6 Å². The third-order valence-electron chi connectivity index (χ3n) is 4.18. The van der Waals surface area contributed by atoms with Gasteiger partial charge in [0, 0.05) is 31.5 Å². The number of carbonyl (C=O) groups is 1. The molecule has 1 amide bonds. The van der Waals surface area contributed by atoms with Crippen molar-refractivity contribution in [3.63, 3.8) is 0 Å². The monoisotopic (exact) mass is 349 g/mol. The molecule has 4 nitrogen and oxygen atoms in total. The molecule has 3 rings (SSSR count). The van der Waals surface area contributed by atoms with E-state index in [0.29, 0.717) is 11.3 Å². The summed E-state index contributed by atoms with van der Waals surface area (Å²) in [5.74, 6) is -0.346. The first-order valence-electron chi connectivity index (χ1n) is 8.09. The second kappa shape index (κ2) is 7.13. The van der Waals surface area contributed by atoms with E-state index in [0.717, 1.165) is 43.8 Å². The molecule has 25 heavy (non-hydrogen) atoms. The van der Waals surface area contributed by atoms with Crippen LogP contribution >= 0.6 is 0 Å². The van der Waals surface area contributed by atoms with Crippen molar-refractivity contribution in [2.75, 3.05) is 18.0 Å². The minimum absolute atomic E-state index is 0.145. The summed E-state index contributed by atoms with van der Waals surface area (Å²) < 4.78 is 37.6. The zero-order valence-corrected chi connectivity index (χ0v) is 13.5. The zero-order chi connectivity index (χ0) is 17.9. The highest BCUT2D eigenvalue weighted by Crippen LogP contribution is 2.29. The Morgan fingerprint density at radius 3 is 2.44 bits per heavy atom. The molecule has 0 bridgehead atoms. The molecular formula is C18H18F3N3O. The van der Waals surface area contributed by atoms with Gasteiger partial charge in [-0.1, -0.05) is 12.1 Å². The van der Waals surface area contributed by atoms with Gasteiger partial charge >= 0.3 is 6.18 Å². The van der Waals surface area contributed by atoms with Crippen LogP contribution in [-0.4, -0.2) is 24.0 Å². The molecule has 0 atom stereocenters. The van der Waals surface area contributed by atoms with Crippen molar-refractivity contribution in [3.8, 4) is 0 Å². The zero-order valence-electron chi connectivity index (χ0n) is 13.5. The fourth-order valence-corrected chi connectivity index (χ4v) is 2.80. The molecule has 0 unspecified atom stereocenters. The summed E-state index contributed by atoms with van der Waals surface area (Å²) in [7, 11) is 0. The van der Waals surface area contributed by atoms with Crippen molar-refractivity contribution in [1.82, 2.24) is 10.3 Å². The molecular weight excluding hydrogens is 331 g/mol. The standard InChI is InChI=1S/C18H18F3N3O/c19-18(20,21)14-5-3-13(4-6-14)12-23-17(25)16-11-15(7-8-22-16)24-9-1-2-10-24/h3-8,11H,1-2,9-10,12H2,(H,23,25). The highest BCUT2D eigenvalue weighted by atomic mass is 19.4. The summed E-state index contributed by atoms with van der Waals surface area (Å²) in [4.78, 5) is 18.5. The van der Waals surface area contributed by atoms with Crippen LogP contribution in [0.25, 0.3) is 0 Å². The van der Waals surface area contributed by atoms with Gasteiger partial charge < -0.3 is 10.2 Å². The molecule has 0 saturated carbocycles. The number of pyridine rings is 1. The van der Waals surface area contributed by atoms with E-state index < -0.39 is 11.7 Å². The van der Waals surface area contributed by atoms with Crippen molar-refractivity contribution >= 4 is 11.6 Å². The van der Waals surface area contributed by atoms with Crippen molar-refractivity contribution < 1.29 is 18.0 Å². The lowest BCUT2D eigenvalue weighted by Gasteiger charge is -2.17. The van der Waals surface area contributed by atoms with Gasteiger partial charge in [0.1, 0.15) is 5.69 Å². The van der Waals surface area contributed by atoms with Crippen LogP contribution in [-0.2, 0) is 12.7 Å². The molecule has 1 N–H and O–H groups in total. The van der Waals surface area contributed by atoms with Gasteiger partial charge in [-0.3, -0.25) is 9.78 Å². The number of nitrogens with one attached hydrogen (secondary N) is 1. The van der Waals surface area contributed by atoms with E-state index in [9.17, 15) is 18.0 Å². The molecule has 1 aliphatic rings. The summed E-state index contributed by atoms with van der Waals surface area (Å²) in [5, 5.41) is 2.69. The van der Waals surface area contributed by atoms with Crippen LogP contribution in [0.2, 0.25) is 0 Å². The second-order valence-corrected chi connectivity index (χ2v) is 5.97. The van der Waals surface area contributed by atoms with E-state index in [4.69, 9.17) is 0 Å². The number of hydrogen-bond acceptors (Lipinski definition) is 3. The average molecular weight is 349 g/mol. The Morgan fingerprint density at radius 2 is 1.80 bits per heavy atom. The van der Waals surface area contributed by atoms with Gasteiger partial charge in [0.05, 0.1) is 5.56 Å². The van der Waals surface area contributed by atoms with Crippen LogP contribution in [0.4, 0.5) is 18.9 Å². The molecule has 1 saturated heterocycles. The number of benzene rings is 1. The maximum atomic E-state index is 12.5. The molecule has 0 radical (unpaired) electrons. The summed E-state index contributed by atoms with van der Waals surface area (Å²) in [5.41, 5.74) is 1.16. The first kappa shape index (κ1) is 17.3. The van der Waals surface area contributed by atoms with Crippen LogP contribution in [0.5, 0.6) is 0 Å². The number of alkyl halides is 3. The fraction of sp³-hybridized carbons (Fsp3) is 0.333. The number of amides is 1. The maximum absolute atomic E-state index is 12.5. The molecule has 132 valence electrons. The molecule has 0 spiro atoms. The molecule has 2 aromatic rings.